The molecular formula is C28H20F6N4O2S. The first-order valence-electron chi connectivity index (χ1n) is 11.6. The van der Waals surface area contributed by atoms with Crippen LogP contribution in [0.25, 0.3) is 0 Å². The van der Waals surface area contributed by atoms with Crippen molar-refractivity contribution in [1.29, 1.82) is 0 Å². The van der Waals surface area contributed by atoms with Crippen LogP contribution in [0.1, 0.15) is 31.8 Å². The van der Waals surface area contributed by atoms with Crippen LogP contribution in [0.3, 0.4) is 0 Å². The minimum absolute atomic E-state index is 0.0328. The Labute approximate surface area is 233 Å². The Kier molecular flexibility index (Phi) is 8.19. The summed E-state index contributed by atoms with van der Waals surface area (Å²) in [6, 6.07) is 17.1. The van der Waals surface area contributed by atoms with Crippen LogP contribution >= 0.6 is 11.8 Å². The Morgan fingerprint density at radius 1 is 0.561 bits per heavy atom. The van der Waals surface area contributed by atoms with Crippen molar-refractivity contribution >= 4 is 46.3 Å². The molecule has 2 amide bonds. The predicted octanol–water partition coefficient (Wildman–Crippen LogP) is 7.54. The van der Waals surface area contributed by atoms with Gasteiger partial charge in [-0.15, -0.1) is 0 Å². The number of amides is 2. The molecule has 0 aliphatic carbocycles. The molecule has 4 rings (SSSR count). The number of hydrogen-bond donors (Lipinski definition) is 4. The van der Waals surface area contributed by atoms with Crippen LogP contribution in [0, 0.1) is 0 Å². The van der Waals surface area contributed by atoms with Crippen LogP contribution in [0.5, 0.6) is 0 Å². The lowest BCUT2D eigenvalue weighted by Crippen LogP contribution is -2.17. The monoisotopic (exact) mass is 590 g/mol. The van der Waals surface area contributed by atoms with Gasteiger partial charge in [-0.1, -0.05) is 11.8 Å². The van der Waals surface area contributed by atoms with Crippen molar-refractivity contribution in [1.82, 2.24) is 0 Å². The van der Waals surface area contributed by atoms with Gasteiger partial charge in [-0.05, 0) is 84.9 Å². The highest BCUT2D eigenvalue weighted by Gasteiger charge is 2.36. The maximum atomic E-state index is 13.9. The molecule has 0 aliphatic rings. The molecule has 6 nitrogen and oxygen atoms in total. The highest BCUT2D eigenvalue weighted by atomic mass is 32.2. The van der Waals surface area contributed by atoms with E-state index in [1.807, 2.05) is 0 Å². The van der Waals surface area contributed by atoms with Gasteiger partial charge in [-0.3, -0.25) is 9.59 Å². The molecule has 0 fully saturated rings. The third-order valence-corrected chi connectivity index (χ3v) is 6.65. The van der Waals surface area contributed by atoms with E-state index in [-0.39, 0.29) is 20.9 Å². The zero-order valence-electron chi connectivity index (χ0n) is 20.7. The topological polar surface area (TPSA) is 110 Å². The molecule has 0 aromatic heterocycles. The van der Waals surface area contributed by atoms with E-state index < -0.39 is 46.7 Å². The molecule has 0 saturated heterocycles. The number of carbonyl (C=O) groups excluding carboxylic acids is 2. The van der Waals surface area contributed by atoms with Crippen molar-refractivity contribution in [2.75, 3.05) is 22.1 Å². The highest BCUT2D eigenvalue weighted by molar-refractivity contribution is 7.99. The second-order valence-electron chi connectivity index (χ2n) is 8.66. The van der Waals surface area contributed by atoms with E-state index in [1.54, 1.807) is 0 Å². The summed E-state index contributed by atoms with van der Waals surface area (Å²) in [5, 5.41) is 4.42. The zero-order valence-corrected chi connectivity index (χ0v) is 21.5. The fraction of sp³-hybridized carbons (Fsp3) is 0.0714. The number of rotatable bonds is 6. The molecule has 0 spiro atoms. The van der Waals surface area contributed by atoms with Crippen LogP contribution in [-0.4, -0.2) is 11.8 Å². The van der Waals surface area contributed by atoms with Crippen molar-refractivity contribution in [3.05, 3.63) is 107 Å². The molecule has 0 bridgehead atoms. The molecule has 0 radical (unpaired) electrons. The Balaban J connectivity index is 1.60. The molecule has 0 heterocycles. The number of halogens is 6. The lowest BCUT2D eigenvalue weighted by Gasteiger charge is -2.17. The summed E-state index contributed by atoms with van der Waals surface area (Å²) in [6.45, 7) is 0. The molecule has 0 unspecified atom stereocenters. The van der Waals surface area contributed by atoms with Gasteiger partial charge in [-0.2, -0.15) is 26.3 Å². The zero-order chi connectivity index (χ0) is 29.9. The summed E-state index contributed by atoms with van der Waals surface area (Å²) in [5.41, 5.74) is 8.59. The maximum Gasteiger partial charge on any atom is 0.418 e. The SMILES string of the molecule is Nc1ccc(C(=O)Nc2ccc(Sc3ccc(NC(=O)c4ccc(N)cc4)c(C(F)(F)F)c3)cc2C(F)(F)F)cc1. The maximum absolute atomic E-state index is 13.9. The van der Waals surface area contributed by atoms with Crippen molar-refractivity contribution in [3.8, 4) is 0 Å². The van der Waals surface area contributed by atoms with Gasteiger partial charge in [0.25, 0.3) is 11.8 Å². The van der Waals surface area contributed by atoms with Crippen LogP contribution in [-0.2, 0) is 12.4 Å². The van der Waals surface area contributed by atoms with Gasteiger partial charge in [-0.25, -0.2) is 0 Å². The summed E-state index contributed by atoms with van der Waals surface area (Å²) in [5.74, 6) is -1.61. The van der Waals surface area contributed by atoms with E-state index in [1.165, 1.54) is 60.7 Å². The molecule has 4 aromatic rings. The fourth-order valence-electron chi connectivity index (χ4n) is 3.65. The Bertz CT molecular complexity index is 1470. The molecule has 41 heavy (non-hydrogen) atoms. The Morgan fingerprint density at radius 2 is 0.902 bits per heavy atom. The second kappa shape index (κ2) is 11.5. The van der Waals surface area contributed by atoms with E-state index >= 15 is 0 Å². The summed E-state index contributed by atoms with van der Waals surface area (Å²) < 4.78 is 83.1. The van der Waals surface area contributed by atoms with Crippen LogP contribution < -0.4 is 22.1 Å². The summed E-state index contributed by atoms with van der Waals surface area (Å²) in [6.07, 6.45) is -9.76. The second-order valence-corrected chi connectivity index (χ2v) is 9.81. The number of benzene rings is 4. The molecule has 212 valence electrons. The van der Waals surface area contributed by atoms with Gasteiger partial charge < -0.3 is 22.1 Å². The van der Waals surface area contributed by atoms with E-state index in [4.69, 9.17) is 11.5 Å². The first-order chi connectivity index (χ1) is 19.2. The molecule has 4 aromatic carbocycles. The third-order valence-electron chi connectivity index (χ3n) is 5.67. The van der Waals surface area contributed by atoms with E-state index in [9.17, 15) is 35.9 Å². The summed E-state index contributed by atoms with van der Waals surface area (Å²) in [7, 11) is 0. The van der Waals surface area contributed by atoms with E-state index in [0.717, 1.165) is 24.3 Å². The smallest absolute Gasteiger partial charge is 0.399 e. The largest absolute Gasteiger partial charge is 0.418 e. The van der Waals surface area contributed by atoms with E-state index in [0.29, 0.717) is 23.1 Å². The normalized spacial score (nSPS) is 11.7. The number of nitrogens with two attached hydrogens (primary N) is 2. The van der Waals surface area contributed by atoms with Crippen LogP contribution in [0.4, 0.5) is 49.1 Å². The van der Waals surface area contributed by atoms with Crippen LogP contribution in [0.15, 0.2) is 94.7 Å². The number of nitrogen functional groups attached to an aromatic ring is 2. The summed E-state index contributed by atoms with van der Waals surface area (Å²) >= 11 is 0.646. The lowest BCUT2D eigenvalue weighted by atomic mass is 10.1. The van der Waals surface area contributed by atoms with Gasteiger partial charge in [0, 0.05) is 32.3 Å². The molecule has 0 atom stereocenters. The minimum atomic E-state index is -4.88. The summed E-state index contributed by atoms with van der Waals surface area (Å²) in [4.78, 5) is 24.9. The first-order valence-corrected chi connectivity index (χ1v) is 12.5. The molecule has 0 saturated carbocycles. The van der Waals surface area contributed by atoms with Gasteiger partial charge in [0.15, 0.2) is 0 Å². The number of nitrogens with one attached hydrogen (secondary N) is 2. The molecule has 6 N–H and O–H groups in total. The first kappa shape index (κ1) is 29.3. The predicted molar refractivity (Wildman–Crippen MR) is 145 cm³/mol. The standard InChI is InChI=1S/C28H20F6N4O2S/c29-27(30,31)21-13-19(9-11-23(21)37-25(39)15-1-5-17(35)6-2-15)41-20-10-12-24(22(14-20)28(32,33)34)38-26(40)16-3-7-18(36)8-4-16/h1-14H,35-36H2,(H,37,39)(H,38,40). The number of anilines is 4. The number of alkyl halides is 6. The fourth-order valence-corrected chi connectivity index (χ4v) is 4.55. The van der Waals surface area contributed by atoms with Gasteiger partial charge in [0.1, 0.15) is 0 Å². The van der Waals surface area contributed by atoms with Crippen molar-refractivity contribution in [2.45, 2.75) is 22.1 Å². The third kappa shape index (κ3) is 7.31. The van der Waals surface area contributed by atoms with Crippen LogP contribution in [0.2, 0.25) is 0 Å². The average molecular weight is 591 g/mol. The number of hydrogen-bond acceptors (Lipinski definition) is 5. The van der Waals surface area contributed by atoms with Gasteiger partial charge >= 0.3 is 12.4 Å². The minimum Gasteiger partial charge on any atom is -0.399 e. The molecule has 0 aliphatic heterocycles. The van der Waals surface area contributed by atoms with Crippen molar-refractivity contribution < 1.29 is 35.9 Å². The van der Waals surface area contributed by atoms with Gasteiger partial charge in [0.05, 0.1) is 22.5 Å². The van der Waals surface area contributed by atoms with Crippen molar-refractivity contribution in [3.63, 3.8) is 0 Å². The number of carbonyl (C=O) groups is 2. The lowest BCUT2D eigenvalue weighted by molar-refractivity contribution is -0.137. The highest BCUT2D eigenvalue weighted by Crippen LogP contribution is 2.42. The Hall–Kier alpha value is -4.65. The van der Waals surface area contributed by atoms with Crippen molar-refractivity contribution in [2.24, 2.45) is 0 Å². The molecular weight excluding hydrogens is 570 g/mol. The Morgan fingerprint density at radius 3 is 1.22 bits per heavy atom. The average Bonchev–Trinajstić information content (AvgIpc) is 2.90. The quantitative estimate of drug-likeness (QED) is 0.137. The van der Waals surface area contributed by atoms with Gasteiger partial charge in [0.2, 0.25) is 0 Å². The van der Waals surface area contributed by atoms with E-state index in [2.05, 4.69) is 10.6 Å². The molecule has 13 heteroatoms.